The zero-order chi connectivity index (χ0) is 35.4. The molecule has 0 radical (unpaired) electrons. The van der Waals surface area contributed by atoms with Crippen molar-refractivity contribution in [2.24, 2.45) is 11.3 Å². The summed E-state index contributed by atoms with van der Waals surface area (Å²) in [6, 6.07) is 11.6. The van der Waals surface area contributed by atoms with Crippen LogP contribution in [0.4, 0.5) is 0 Å². The normalized spacial score (nSPS) is 26.8. The number of carbonyl (C=O) groups is 1. The van der Waals surface area contributed by atoms with Gasteiger partial charge in [-0.3, -0.25) is 14.6 Å². The highest BCUT2D eigenvalue weighted by atomic mass is 32.2. The minimum atomic E-state index is -4.51. The second kappa shape index (κ2) is 12.9. The van der Waals surface area contributed by atoms with Gasteiger partial charge < -0.3 is 23.8 Å². The molecule has 0 aromatic heterocycles. The Morgan fingerprint density at radius 3 is 2.28 bits per heavy atom. The van der Waals surface area contributed by atoms with Crippen molar-refractivity contribution < 1.29 is 32.2 Å². The largest absolute Gasteiger partial charge is 0.497 e. The van der Waals surface area contributed by atoms with Gasteiger partial charge in [-0.2, -0.15) is 5.26 Å². The molecule has 4 aliphatic heterocycles. The summed E-state index contributed by atoms with van der Waals surface area (Å²) < 4.78 is 53.3. The highest BCUT2D eigenvalue weighted by Gasteiger charge is 2.70. The first-order valence-corrected chi connectivity index (χ1v) is 18.6. The van der Waals surface area contributed by atoms with E-state index in [2.05, 4.69) is 27.8 Å². The molecular formula is C37H45N5O7S. The maximum absolute atomic E-state index is 15.5. The number of nitriles is 1. The Morgan fingerprint density at radius 1 is 0.940 bits per heavy atom. The number of hydrogen-bond donors (Lipinski definition) is 0. The van der Waals surface area contributed by atoms with E-state index in [-0.39, 0.29) is 16.1 Å². The van der Waals surface area contributed by atoms with Crippen LogP contribution in [0.15, 0.2) is 65.1 Å². The van der Waals surface area contributed by atoms with Gasteiger partial charge in [0, 0.05) is 60.8 Å². The van der Waals surface area contributed by atoms with Crippen LogP contribution >= 0.6 is 0 Å². The first kappa shape index (κ1) is 34.4. The molecule has 13 heteroatoms. The molecule has 266 valence electrons. The number of methoxy groups -OCH3 is 3. The van der Waals surface area contributed by atoms with Crippen molar-refractivity contribution in [3.05, 3.63) is 65.8 Å². The number of fused-ring (bicyclic) bond motifs is 1. The molecule has 7 rings (SSSR count). The molecule has 1 aliphatic carbocycles. The number of sulfonamides is 1. The summed E-state index contributed by atoms with van der Waals surface area (Å²) in [6.45, 7) is 7.48. The monoisotopic (exact) mass is 703 g/mol. The summed E-state index contributed by atoms with van der Waals surface area (Å²) in [5, 5.41) is 10.1. The molecule has 5 aliphatic rings. The van der Waals surface area contributed by atoms with Crippen LogP contribution in [-0.2, 0) is 20.4 Å². The summed E-state index contributed by atoms with van der Waals surface area (Å²) >= 11 is 0. The molecule has 1 spiro atoms. The second-order valence-electron chi connectivity index (χ2n) is 14.1. The van der Waals surface area contributed by atoms with E-state index in [0.29, 0.717) is 54.1 Å². The maximum atomic E-state index is 15.5. The predicted molar refractivity (Wildman–Crippen MR) is 186 cm³/mol. The van der Waals surface area contributed by atoms with E-state index >= 15 is 4.79 Å². The molecule has 1 amide bonds. The number of amides is 1. The summed E-state index contributed by atoms with van der Waals surface area (Å²) in [5.41, 5.74) is -0.677. The first-order valence-electron chi connectivity index (χ1n) is 17.1. The van der Waals surface area contributed by atoms with Crippen LogP contribution in [0.5, 0.6) is 23.0 Å². The average Bonchev–Trinajstić information content (AvgIpc) is 3.35. The molecule has 4 heterocycles. The van der Waals surface area contributed by atoms with Gasteiger partial charge in [-0.25, -0.2) is 12.7 Å². The van der Waals surface area contributed by atoms with Gasteiger partial charge >= 0.3 is 0 Å². The van der Waals surface area contributed by atoms with Gasteiger partial charge in [0.15, 0.2) is 0 Å². The Balaban J connectivity index is 1.35. The van der Waals surface area contributed by atoms with E-state index in [1.165, 1.54) is 32.4 Å². The van der Waals surface area contributed by atoms with Crippen molar-refractivity contribution in [2.45, 2.75) is 42.3 Å². The molecule has 0 N–H and O–H groups in total. The number of carbonyl (C=O) groups excluding carboxylic acids is 1. The second-order valence-corrected chi connectivity index (χ2v) is 15.9. The summed E-state index contributed by atoms with van der Waals surface area (Å²) in [4.78, 5) is 22.4. The van der Waals surface area contributed by atoms with Crippen LogP contribution in [0.2, 0.25) is 0 Å². The van der Waals surface area contributed by atoms with Gasteiger partial charge in [0.2, 0.25) is 0 Å². The van der Waals surface area contributed by atoms with Crippen molar-refractivity contribution in [1.29, 1.82) is 5.26 Å². The number of allylic oxidation sites excluding steroid dienone is 2. The number of nitrogens with zero attached hydrogens (tertiary/aromatic N) is 5. The lowest BCUT2D eigenvalue weighted by molar-refractivity contribution is -0.181. The van der Waals surface area contributed by atoms with Crippen molar-refractivity contribution in [2.75, 3.05) is 74.3 Å². The maximum Gasteiger partial charge on any atom is 0.270 e. The summed E-state index contributed by atoms with van der Waals surface area (Å²) in [6.07, 6.45) is 7.29. The third kappa shape index (κ3) is 5.27. The number of benzene rings is 2. The molecule has 50 heavy (non-hydrogen) atoms. The van der Waals surface area contributed by atoms with Gasteiger partial charge in [0.1, 0.15) is 33.4 Å². The summed E-state index contributed by atoms with van der Waals surface area (Å²) in [7, 11) is 2.07. The van der Waals surface area contributed by atoms with Gasteiger partial charge in [-0.1, -0.05) is 12.2 Å². The van der Waals surface area contributed by atoms with E-state index in [4.69, 9.17) is 18.9 Å². The quantitative estimate of drug-likeness (QED) is 0.362. The highest BCUT2D eigenvalue weighted by molar-refractivity contribution is 7.89. The van der Waals surface area contributed by atoms with E-state index in [0.717, 1.165) is 43.3 Å². The molecule has 3 unspecified atom stereocenters. The number of hydrogen-bond acceptors (Lipinski definition) is 11. The van der Waals surface area contributed by atoms with Crippen molar-refractivity contribution in [3.63, 3.8) is 0 Å². The average molecular weight is 704 g/mol. The first-order chi connectivity index (χ1) is 24.0. The van der Waals surface area contributed by atoms with E-state index in [1.54, 1.807) is 43.5 Å². The number of likely N-dealkylation sites (tertiary alicyclic amines) is 3. The standard InChI is InChI=1S/C37H45N5O7S/c1-6-49-28-8-11-32(47-4)30(18-28)37(41-23-36(24-41)21-40(22-36)26-13-15-39(2)16-14-26)29-17-25(20-38)7-10-31(29)42(35(37)43)50(44,45)34-12-9-27(46-3)19-33(34)48-5/h7-12,17-19,26,29,31H,6,13-16,21-24H2,1-5H3. The van der Waals surface area contributed by atoms with Crippen LogP contribution < -0.4 is 18.9 Å². The third-order valence-electron chi connectivity index (χ3n) is 11.2. The van der Waals surface area contributed by atoms with Crippen LogP contribution in [0, 0.1) is 22.7 Å². The minimum Gasteiger partial charge on any atom is -0.497 e. The predicted octanol–water partition coefficient (Wildman–Crippen LogP) is 3.25. The van der Waals surface area contributed by atoms with Gasteiger partial charge in [0.05, 0.1) is 40.0 Å². The number of ether oxygens (including phenoxy) is 4. The fourth-order valence-corrected chi connectivity index (χ4v) is 10.6. The molecule has 4 saturated heterocycles. The molecule has 12 nitrogen and oxygen atoms in total. The van der Waals surface area contributed by atoms with Crippen molar-refractivity contribution in [1.82, 2.24) is 19.0 Å². The molecule has 2 aromatic carbocycles. The van der Waals surface area contributed by atoms with Crippen LogP contribution in [-0.4, -0.2) is 120 Å². The van der Waals surface area contributed by atoms with Crippen LogP contribution in [0.3, 0.4) is 0 Å². The smallest absolute Gasteiger partial charge is 0.270 e. The molecule has 3 atom stereocenters. The van der Waals surface area contributed by atoms with Gasteiger partial charge in [-0.05, 0) is 76.3 Å². The van der Waals surface area contributed by atoms with E-state index < -0.39 is 33.4 Å². The minimum absolute atomic E-state index is 0.0192. The summed E-state index contributed by atoms with van der Waals surface area (Å²) in [5.74, 6) is 0.0827. The Kier molecular flexibility index (Phi) is 8.87. The van der Waals surface area contributed by atoms with E-state index in [1.807, 2.05) is 6.92 Å². The molecule has 2 aromatic rings. The SMILES string of the molecule is CCOc1ccc(OC)c(C2(N3CC4(CN(C5CCN(C)CC5)C4)C3)C(=O)N(S(=O)(=O)c3ccc(OC)cc3OC)C3C=CC(C#N)=CC32)c1. The van der Waals surface area contributed by atoms with Gasteiger partial charge in [0.25, 0.3) is 15.9 Å². The number of rotatable bonds is 10. The topological polar surface area (TPSA) is 125 Å². The zero-order valence-electron chi connectivity index (χ0n) is 29.3. The van der Waals surface area contributed by atoms with Crippen molar-refractivity contribution >= 4 is 15.9 Å². The van der Waals surface area contributed by atoms with E-state index in [9.17, 15) is 13.7 Å². The zero-order valence-corrected chi connectivity index (χ0v) is 30.1. The lowest BCUT2D eigenvalue weighted by Gasteiger charge is -2.66. The Labute approximate surface area is 294 Å². The molecule has 0 bridgehead atoms. The van der Waals surface area contributed by atoms with Crippen LogP contribution in [0.25, 0.3) is 0 Å². The van der Waals surface area contributed by atoms with Crippen molar-refractivity contribution in [3.8, 4) is 29.1 Å². The van der Waals surface area contributed by atoms with Crippen LogP contribution in [0.1, 0.15) is 25.3 Å². The van der Waals surface area contributed by atoms with Gasteiger partial charge in [-0.15, -0.1) is 0 Å². The Bertz CT molecular complexity index is 1870. The molecule has 0 saturated carbocycles. The fraction of sp³-hybridized carbons (Fsp3) is 0.514. The lowest BCUT2D eigenvalue weighted by atomic mass is 9.65. The Hall–Kier alpha value is -4.09. The lowest BCUT2D eigenvalue weighted by Crippen LogP contribution is -2.78. The fourth-order valence-electron chi connectivity index (χ4n) is 8.84. The molecular weight excluding hydrogens is 659 g/mol. The third-order valence-corrected chi connectivity index (χ3v) is 13.1. The molecule has 4 fully saturated rings. The Morgan fingerprint density at radius 2 is 1.64 bits per heavy atom. The highest BCUT2D eigenvalue weighted by Crippen LogP contribution is 2.58. The number of piperidine rings is 1.